The molecule has 0 saturated heterocycles. The topological polar surface area (TPSA) is 49.7 Å². The predicted octanol–water partition coefficient (Wildman–Crippen LogP) is 7.03. The van der Waals surface area contributed by atoms with Gasteiger partial charge >= 0.3 is 164 Å². The Morgan fingerprint density at radius 1 is 0.615 bits per heavy atom. The fourth-order valence-electron chi connectivity index (χ4n) is 3.19. The number of hydrogen-bond donors (Lipinski definition) is 2. The Bertz CT molecular complexity index is 339. The minimum absolute atomic E-state index is 0.353. The van der Waals surface area contributed by atoms with E-state index >= 15 is 0 Å². The van der Waals surface area contributed by atoms with Crippen LogP contribution in [0.4, 0.5) is 0 Å². The van der Waals surface area contributed by atoms with Crippen molar-refractivity contribution in [2.24, 2.45) is 0 Å². The summed E-state index contributed by atoms with van der Waals surface area (Å²) in [6.45, 7) is 1.36. The van der Waals surface area contributed by atoms with Crippen LogP contribution in [0.2, 0.25) is 0 Å². The van der Waals surface area contributed by atoms with Crippen LogP contribution in [-0.2, 0) is 33.4 Å². The van der Waals surface area contributed by atoms with E-state index in [2.05, 4.69) is 13.8 Å². The summed E-state index contributed by atoms with van der Waals surface area (Å²) in [7, 11) is -0.353. The molecule has 26 heavy (non-hydrogen) atoms. The van der Waals surface area contributed by atoms with E-state index in [4.69, 9.17) is 3.18 Å². The molecule has 0 aromatic heterocycles. The molecule has 0 unspecified atom stereocenters. The molecule has 0 aliphatic rings. The molecule has 0 atom stereocenters. The average molecular weight is 492 g/mol. The fourth-order valence-corrected chi connectivity index (χ4v) is 9.39. The van der Waals surface area contributed by atoms with Gasteiger partial charge in [0.05, 0.1) is 0 Å². The molecule has 0 heterocycles. The van der Waals surface area contributed by atoms with Gasteiger partial charge in [-0.3, -0.25) is 0 Å². The number of rotatable bonds is 19. The molecule has 6 heteroatoms. The van der Waals surface area contributed by atoms with Gasteiger partial charge < -0.3 is 0 Å². The molecule has 0 amide bonds. The van der Waals surface area contributed by atoms with Crippen molar-refractivity contribution in [1.29, 1.82) is 0 Å². The van der Waals surface area contributed by atoms with E-state index in [0.29, 0.717) is 0 Å². The van der Waals surface area contributed by atoms with Crippen LogP contribution < -0.4 is 0 Å². The van der Waals surface area contributed by atoms with Crippen LogP contribution in [0.5, 0.6) is 0 Å². The van der Waals surface area contributed by atoms with Crippen molar-refractivity contribution in [3.63, 3.8) is 0 Å². The fraction of sp³-hybridized carbons (Fsp3) is 1.00. The van der Waals surface area contributed by atoms with Crippen LogP contribution in [0.3, 0.4) is 0 Å². The van der Waals surface area contributed by atoms with E-state index in [0.717, 1.165) is 24.3 Å². The molecule has 0 radical (unpaired) electrons. The quantitative estimate of drug-likeness (QED) is 0.116. The van der Waals surface area contributed by atoms with Gasteiger partial charge in [-0.15, -0.1) is 0 Å². The summed E-state index contributed by atoms with van der Waals surface area (Å²) in [5.74, 6) is 1.86. The third-order valence-electron chi connectivity index (χ3n) is 4.90. The zero-order chi connectivity index (χ0) is 19.5. The van der Waals surface area contributed by atoms with E-state index in [-0.39, 0.29) is 10.1 Å². The summed E-state index contributed by atoms with van der Waals surface area (Å²) in [5.41, 5.74) is 0. The molecule has 0 aromatic carbocycles. The molecular formula is C20H44MoO3PS. The number of hydrogen-bond acceptors (Lipinski definition) is 1. The molecule has 2 N–H and O–H groups in total. The van der Waals surface area contributed by atoms with Crippen molar-refractivity contribution >= 4 is 16.8 Å². The van der Waals surface area contributed by atoms with Gasteiger partial charge in [0, 0.05) is 0 Å². The summed E-state index contributed by atoms with van der Waals surface area (Å²) in [6.07, 6.45) is 20.7. The molecule has 0 bridgehead atoms. The monoisotopic (exact) mass is 493 g/mol. The van der Waals surface area contributed by atoms with Gasteiger partial charge in [0.1, 0.15) is 0 Å². The molecule has 0 aromatic rings. The molecule has 0 rings (SSSR count). The van der Waals surface area contributed by atoms with E-state index in [1.165, 1.54) is 110 Å². The summed E-state index contributed by atoms with van der Waals surface area (Å²) in [5, 5.41) is 0. The molecule has 0 aliphatic carbocycles. The van der Waals surface area contributed by atoms with Crippen molar-refractivity contribution in [1.82, 2.24) is 0 Å². The second kappa shape index (κ2) is 19.7. The first-order valence-corrected chi connectivity index (χ1v) is 15.5. The summed E-state index contributed by atoms with van der Waals surface area (Å²) in [6, 6.07) is 0. The van der Waals surface area contributed by atoms with Gasteiger partial charge in [0.2, 0.25) is 0 Å². The summed E-state index contributed by atoms with van der Waals surface area (Å²) in [4.78, 5) is 20.5. The second-order valence-electron chi connectivity index (χ2n) is 7.39. The Labute approximate surface area is 177 Å². The van der Waals surface area contributed by atoms with Gasteiger partial charge in [-0.1, -0.05) is 13.8 Å². The van der Waals surface area contributed by atoms with Crippen LogP contribution in [0, 0.1) is 0 Å². The van der Waals surface area contributed by atoms with Crippen molar-refractivity contribution in [2.45, 2.75) is 117 Å². The molecule has 0 aliphatic heterocycles. The maximum absolute atomic E-state index is 10.2. The summed E-state index contributed by atoms with van der Waals surface area (Å²) >= 11 is 1.38. The standard InChI is InChI=1S/C20H44O3PS.Mo/c1-3-5-7-9-11-13-15-17-19-25(24(21,22)23)20-18-16-14-12-10-8-6-4-2;/h3-20H2,1-2H3,(H2-,21,22,23);/q-1;+1. The van der Waals surface area contributed by atoms with Crippen LogP contribution in [-0.4, -0.2) is 21.3 Å². The molecule has 3 nitrogen and oxygen atoms in total. The van der Waals surface area contributed by atoms with Gasteiger partial charge in [-0.05, 0) is 0 Å². The van der Waals surface area contributed by atoms with E-state index in [9.17, 15) is 9.79 Å². The van der Waals surface area contributed by atoms with Gasteiger partial charge in [-0.25, -0.2) is 0 Å². The zero-order valence-corrected chi connectivity index (χ0v) is 21.0. The Morgan fingerprint density at radius 2 is 0.923 bits per heavy atom. The summed E-state index contributed by atoms with van der Waals surface area (Å²) < 4.78 is 5.09. The van der Waals surface area contributed by atoms with Crippen molar-refractivity contribution in [2.75, 3.05) is 11.5 Å². The van der Waals surface area contributed by atoms with Gasteiger partial charge in [0.15, 0.2) is 0 Å². The second-order valence-corrected chi connectivity index (χ2v) is 14.3. The van der Waals surface area contributed by atoms with Gasteiger partial charge in [-0.2, -0.15) is 0 Å². The Balaban J connectivity index is 3.93. The average Bonchev–Trinajstić information content (AvgIpc) is 2.64. The Kier molecular flexibility index (Phi) is 20.7. The number of unbranched alkanes of at least 4 members (excludes halogenated alkanes) is 14. The van der Waals surface area contributed by atoms with Crippen LogP contribution >= 0.6 is 6.72 Å². The molecule has 0 saturated carbocycles. The van der Waals surface area contributed by atoms with Crippen LogP contribution in [0.15, 0.2) is 0 Å². The van der Waals surface area contributed by atoms with Crippen molar-refractivity contribution in [3.8, 4) is 0 Å². The molecule has 159 valence electrons. The minimum atomic E-state index is -3.14. The zero-order valence-electron chi connectivity index (χ0n) is 17.3. The van der Waals surface area contributed by atoms with E-state index in [1.807, 2.05) is 0 Å². The first-order valence-electron chi connectivity index (χ1n) is 10.9. The van der Waals surface area contributed by atoms with Crippen molar-refractivity contribution < 1.29 is 33.2 Å². The predicted molar refractivity (Wildman–Crippen MR) is 115 cm³/mol. The molecule has 0 spiro atoms. The van der Waals surface area contributed by atoms with Crippen molar-refractivity contribution in [3.05, 3.63) is 0 Å². The van der Waals surface area contributed by atoms with Crippen LogP contribution in [0.1, 0.15) is 117 Å². The maximum atomic E-state index is 10.2. The third kappa shape index (κ3) is 16.3. The Hall–Kier alpha value is 1.35. The molecular weight excluding hydrogens is 447 g/mol. The third-order valence-corrected chi connectivity index (χ3v) is 12.9. The first-order chi connectivity index (χ1) is 12.6. The normalized spacial score (nSPS) is 12.2. The van der Waals surface area contributed by atoms with E-state index < -0.39 is 6.72 Å². The Morgan fingerprint density at radius 3 is 1.23 bits per heavy atom. The van der Waals surface area contributed by atoms with Crippen LogP contribution in [0.25, 0.3) is 0 Å². The SMILES string of the molecule is CCCCCCCCCCS(CCCCCCCCCC)=P(O)(O)[O][Mo]. The van der Waals surface area contributed by atoms with Gasteiger partial charge in [0.25, 0.3) is 0 Å². The van der Waals surface area contributed by atoms with E-state index in [1.54, 1.807) is 0 Å². The molecule has 0 fully saturated rings. The first kappa shape index (κ1) is 27.3.